The summed E-state index contributed by atoms with van der Waals surface area (Å²) in [7, 11) is 0. The Bertz CT molecular complexity index is 1180. The Balaban J connectivity index is 1.30. The number of unbranched alkanes of at least 4 members (excludes halogenated alkanes) is 5. The number of rotatable bonds is 13. The zero-order chi connectivity index (χ0) is 27.6. The summed E-state index contributed by atoms with van der Waals surface area (Å²) in [5, 5.41) is 0. The van der Waals surface area contributed by atoms with Crippen molar-refractivity contribution in [1.29, 1.82) is 0 Å². The summed E-state index contributed by atoms with van der Waals surface area (Å²) >= 11 is 0. The molecule has 0 amide bonds. The summed E-state index contributed by atoms with van der Waals surface area (Å²) in [4.78, 5) is 0. The monoisotopic (exact) mass is 536 g/mol. The van der Waals surface area contributed by atoms with E-state index >= 15 is 0 Å². The lowest BCUT2D eigenvalue weighted by molar-refractivity contribution is 0.303. The molecule has 0 bridgehead atoms. The normalized spacial score (nSPS) is 17.4. The van der Waals surface area contributed by atoms with E-state index < -0.39 is 11.6 Å². The van der Waals surface area contributed by atoms with E-state index in [1.165, 1.54) is 31.7 Å². The first-order valence-electron chi connectivity index (χ1n) is 14.9. The Morgan fingerprint density at radius 1 is 0.744 bits per heavy atom. The molecule has 1 aliphatic rings. The third-order valence-corrected chi connectivity index (χ3v) is 8.30. The molecule has 0 aromatic heterocycles. The molecule has 4 rings (SSSR count). The standard InChI is InChI=1S/C35H43F3O/c1-3-4-5-6-7-8-23-39-30-20-22-31(33(36)24-30)27-16-11-26(12-17-27)13-18-29-19-21-32(35(38)34(29)37)28-14-9-25(2)10-15-28/h11-12,16-17,19-22,24-25,28H,3-10,13-15,18,23H2,1-2H3. The predicted molar refractivity (Wildman–Crippen MR) is 155 cm³/mol. The minimum atomic E-state index is -0.705. The molecule has 0 radical (unpaired) electrons. The van der Waals surface area contributed by atoms with Gasteiger partial charge in [0, 0.05) is 11.6 Å². The number of hydrogen-bond donors (Lipinski definition) is 0. The van der Waals surface area contributed by atoms with Gasteiger partial charge >= 0.3 is 0 Å². The largest absolute Gasteiger partial charge is 0.493 e. The van der Waals surface area contributed by atoms with E-state index in [-0.39, 0.29) is 11.7 Å². The van der Waals surface area contributed by atoms with Crippen molar-refractivity contribution < 1.29 is 17.9 Å². The molecule has 1 saturated carbocycles. The van der Waals surface area contributed by atoms with Crippen molar-refractivity contribution in [3.05, 3.63) is 88.7 Å². The highest BCUT2D eigenvalue weighted by Crippen LogP contribution is 2.37. The Hall–Kier alpha value is -2.75. The average molecular weight is 537 g/mol. The molecule has 0 aliphatic heterocycles. The van der Waals surface area contributed by atoms with Gasteiger partial charge in [-0.25, -0.2) is 13.2 Å². The number of aryl methyl sites for hydroxylation is 2. The molecular weight excluding hydrogens is 493 g/mol. The van der Waals surface area contributed by atoms with Crippen molar-refractivity contribution >= 4 is 0 Å². The average Bonchev–Trinajstić information content (AvgIpc) is 2.94. The van der Waals surface area contributed by atoms with Crippen LogP contribution in [0.5, 0.6) is 5.75 Å². The fourth-order valence-corrected chi connectivity index (χ4v) is 5.71. The van der Waals surface area contributed by atoms with Crippen LogP contribution in [0.15, 0.2) is 54.6 Å². The van der Waals surface area contributed by atoms with Crippen LogP contribution in [0.2, 0.25) is 0 Å². The summed E-state index contributed by atoms with van der Waals surface area (Å²) < 4.78 is 50.4. The van der Waals surface area contributed by atoms with E-state index in [0.29, 0.717) is 47.8 Å². The van der Waals surface area contributed by atoms with Crippen molar-refractivity contribution in [2.75, 3.05) is 6.61 Å². The van der Waals surface area contributed by atoms with Crippen LogP contribution in [0, 0.1) is 23.4 Å². The first-order chi connectivity index (χ1) is 19.0. The minimum Gasteiger partial charge on any atom is -0.493 e. The van der Waals surface area contributed by atoms with Crippen molar-refractivity contribution in [2.24, 2.45) is 5.92 Å². The third kappa shape index (κ3) is 8.13. The maximum atomic E-state index is 14.9. The summed E-state index contributed by atoms with van der Waals surface area (Å²) in [5.41, 5.74) is 3.25. The molecule has 1 fully saturated rings. The highest BCUT2D eigenvalue weighted by Gasteiger charge is 2.24. The Kier molecular flexibility index (Phi) is 10.9. The zero-order valence-corrected chi connectivity index (χ0v) is 23.6. The SMILES string of the molecule is CCCCCCCCOc1ccc(-c2ccc(CCc3ccc(C4CCC(C)CC4)c(F)c3F)cc2)c(F)c1. The van der Waals surface area contributed by atoms with Gasteiger partial charge in [0.1, 0.15) is 11.6 Å². The number of ether oxygens (including phenoxy) is 1. The van der Waals surface area contributed by atoms with Crippen LogP contribution >= 0.6 is 0 Å². The topological polar surface area (TPSA) is 9.23 Å². The molecule has 0 spiro atoms. The van der Waals surface area contributed by atoms with Crippen LogP contribution in [0.25, 0.3) is 11.1 Å². The minimum absolute atomic E-state index is 0.124. The van der Waals surface area contributed by atoms with Crippen LogP contribution in [-0.4, -0.2) is 6.61 Å². The fraction of sp³-hybridized carbons (Fsp3) is 0.486. The predicted octanol–water partition coefficient (Wildman–Crippen LogP) is 10.6. The lowest BCUT2D eigenvalue weighted by Crippen LogP contribution is -2.13. The van der Waals surface area contributed by atoms with Crippen LogP contribution in [0.1, 0.15) is 101 Å². The van der Waals surface area contributed by atoms with E-state index in [1.54, 1.807) is 18.2 Å². The zero-order valence-electron chi connectivity index (χ0n) is 23.6. The molecule has 210 valence electrons. The van der Waals surface area contributed by atoms with Gasteiger partial charge in [0.15, 0.2) is 11.6 Å². The third-order valence-electron chi connectivity index (χ3n) is 8.30. The Morgan fingerprint density at radius 2 is 1.46 bits per heavy atom. The van der Waals surface area contributed by atoms with E-state index in [1.807, 2.05) is 30.3 Å². The van der Waals surface area contributed by atoms with Gasteiger partial charge in [-0.2, -0.15) is 0 Å². The van der Waals surface area contributed by atoms with Crippen molar-refractivity contribution in [3.63, 3.8) is 0 Å². The first-order valence-corrected chi connectivity index (χ1v) is 14.9. The molecule has 0 N–H and O–H groups in total. The lowest BCUT2D eigenvalue weighted by Gasteiger charge is -2.27. The molecule has 0 unspecified atom stereocenters. The van der Waals surface area contributed by atoms with Gasteiger partial charge in [-0.3, -0.25) is 0 Å². The first kappa shape index (κ1) is 29.2. The van der Waals surface area contributed by atoms with Crippen molar-refractivity contribution in [2.45, 2.75) is 96.8 Å². The number of halogens is 3. The Morgan fingerprint density at radius 3 is 2.18 bits per heavy atom. The number of benzene rings is 3. The summed E-state index contributed by atoms with van der Waals surface area (Å²) in [5.74, 6) is -0.336. The Labute approximate surface area is 232 Å². The van der Waals surface area contributed by atoms with Gasteiger partial charge in [0.25, 0.3) is 0 Å². The molecule has 1 nitrogen and oxygen atoms in total. The van der Waals surface area contributed by atoms with Gasteiger partial charge in [-0.05, 0) is 78.3 Å². The van der Waals surface area contributed by atoms with Gasteiger partial charge in [0.2, 0.25) is 0 Å². The summed E-state index contributed by atoms with van der Waals surface area (Å²) in [6.07, 6.45) is 12.1. The highest BCUT2D eigenvalue weighted by atomic mass is 19.2. The second kappa shape index (κ2) is 14.6. The molecule has 0 saturated heterocycles. The molecule has 3 aromatic rings. The van der Waals surface area contributed by atoms with Crippen LogP contribution in [0.3, 0.4) is 0 Å². The molecular formula is C35H43F3O. The second-order valence-corrected chi connectivity index (χ2v) is 11.4. The second-order valence-electron chi connectivity index (χ2n) is 11.4. The highest BCUT2D eigenvalue weighted by molar-refractivity contribution is 5.65. The van der Waals surface area contributed by atoms with Crippen LogP contribution in [0.4, 0.5) is 13.2 Å². The van der Waals surface area contributed by atoms with Gasteiger partial charge in [-0.1, -0.05) is 95.2 Å². The van der Waals surface area contributed by atoms with E-state index in [0.717, 1.165) is 49.7 Å². The quantitative estimate of drug-likeness (QED) is 0.197. The lowest BCUT2D eigenvalue weighted by atomic mass is 9.79. The van der Waals surface area contributed by atoms with E-state index in [4.69, 9.17) is 4.74 Å². The fourth-order valence-electron chi connectivity index (χ4n) is 5.71. The molecule has 0 atom stereocenters. The van der Waals surface area contributed by atoms with E-state index in [9.17, 15) is 13.2 Å². The maximum absolute atomic E-state index is 14.9. The van der Waals surface area contributed by atoms with Crippen LogP contribution < -0.4 is 4.74 Å². The smallest absolute Gasteiger partial charge is 0.162 e. The number of hydrogen-bond acceptors (Lipinski definition) is 1. The molecule has 4 heteroatoms. The summed E-state index contributed by atoms with van der Waals surface area (Å²) in [6, 6.07) is 16.2. The van der Waals surface area contributed by atoms with Gasteiger partial charge in [-0.15, -0.1) is 0 Å². The summed E-state index contributed by atoms with van der Waals surface area (Å²) in [6.45, 7) is 5.04. The molecule has 0 heterocycles. The van der Waals surface area contributed by atoms with Crippen molar-refractivity contribution in [1.82, 2.24) is 0 Å². The van der Waals surface area contributed by atoms with Crippen molar-refractivity contribution in [3.8, 4) is 16.9 Å². The van der Waals surface area contributed by atoms with Crippen LogP contribution in [-0.2, 0) is 12.8 Å². The molecule has 1 aliphatic carbocycles. The molecule has 3 aromatic carbocycles. The van der Waals surface area contributed by atoms with Gasteiger partial charge < -0.3 is 4.74 Å². The van der Waals surface area contributed by atoms with Gasteiger partial charge in [0.05, 0.1) is 6.61 Å². The molecule has 39 heavy (non-hydrogen) atoms. The van der Waals surface area contributed by atoms with E-state index in [2.05, 4.69) is 13.8 Å². The maximum Gasteiger partial charge on any atom is 0.162 e.